The van der Waals surface area contributed by atoms with Crippen molar-refractivity contribution in [3.05, 3.63) is 35.4 Å². The van der Waals surface area contributed by atoms with Gasteiger partial charge in [0.2, 0.25) is 11.8 Å². The van der Waals surface area contributed by atoms with E-state index in [1.807, 2.05) is 45.0 Å². The average molecular weight is 288 g/mol. The first-order valence-corrected chi connectivity index (χ1v) is 7.73. The topological polar surface area (TPSA) is 49.4 Å². The quantitative estimate of drug-likeness (QED) is 0.904. The van der Waals surface area contributed by atoms with Crippen LogP contribution >= 0.6 is 0 Å². The predicted molar refractivity (Wildman–Crippen MR) is 82.6 cm³/mol. The lowest BCUT2D eigenvalue weighted by molar-refractivity contribution is -0.150. The van der Waals surface area contributed by atoms with Gasteiger partial charge in [0.05, 0.1) is 0 Å². The van der Waals surface area contributed by atoms with E-state index in [1.54, 1.807) is 4.90 Å². The third-order valence-corrected chi connectivity index (χ3v) is 4.15. The molecule has 21 heavy (non-hydrogen) atoms. The summed E-state index contributed by atoms with van der Waals surface area (Å²) in [7, 11) is 0. The van der Waals surface area contributed by atoms with E-state index in [0.717, 1.165) is 17.5 Å². The monoisotopic (exact) mass is 288 g/mol. The molecule has 1 fully saturated rings. The van der Waals surface area contributed by atoms with Crippen LogP contribution in [-0.2, 0) is 16.1 Å². The zero-order chi connectivity index (χ0) is 15.4. The second-order valence-electron chi connectivity index (χ2n) is 5.67. The fourth-order valence-electron chi connectivity index (χ4n) is 2.82. The van der Waals surface area contributed by atoms with Gasteiger partial charge < -0.3 is 10.2 Å². The zero-order valence-corrected chi connectivity index (χ0v) is 13.1. The van der Waals surface area contributed by atoms with Gasteiger partial charge in [-0.15, -0.1) is 0 Å². The molecule has 0 aromatic heterocycles. The summed E-state index contributed by atoms with van der Waals surface area (Å²) in [5.74, 6) is 0.0238. The Morgan fingerprint density at radius 2 is 1.90 bits per heavy atom. The number of nitrogens with zero attached hydrogens (tertiary/aromatic N) is 1. The minimum Gasteiger partial charge on any atom is -0.343 e. The highest BCUT2D eigenvalue weighted by Crippen LogP contribution is 2.20. The highest BCUT2D eigenvalue weighted by atomic mass is 16.2. The number of carbonyl (C=O) groups is 2. The molecular formula is C17H24N2O2. The van der Waals surface area contributed by atoms with Crippen molar-refractivity contribution in [3.8, 4) is 0 Å². The van der Waals surface area contributed by atoms with Crippen LogP contribution in [0.4, 0.5) is 0 Å². The lowest BCUT2D eigenvalue weighted by atomic mass is 9.99. The molecule has 1 aliphatic rings. The molecule has 1 heterocycles. The molecule has 2 unspecified atom stereocenters. The summed E-state index contributed by atoms with van der Waals surface area (Å²) in [6.45, 7) is 6.51. The van der Waals surface area contributed by atoms with E-state index in [2.05, 4.69) is 5.32 Å². The van der Waals surface area contributed by atoms with Crippen molar-refractivity contribution in [2.45, 2.75) is 58.7 Å². The van der Waals surface area contributed by atoms with Crippen LogP contribution in [-0.4, -0.2) is 28.8 Å². The van der Waals surface area contributed by atoms with Gasteiger partial charge in [-0.05, 0) is 30.9 Å². The number of hydrogen-bond acceptors (Lipinski definition) is 2. The largest absolute Gasteiger partial charge is 0.343 e. The number of piperazine rings is 1. The minimum absolute atomic E-state index is 0.0168. The van der Waals surface area contributed by atoms with Crippen LogP contribution in [0.5, 0.6) is 0 Å². The number of aryl methyl sites for hydroxylation is 1. The van der Waals surface area contributed by atoms with Crippen molar-refractivity contribution in [1.82, 2.24) is 10.2 Å². The molecule has 0 radical (unpaired) electrons. The first-order valence-electron chi connectivity index (χ1n) is 7.73. The number of hydrogen-bond donors (Lipinski definition) is 1. The van der Waals surface area contributed by atoms with E-state index in [0.29, 0.717) is 19.4 Å². The number of nitrogens with one attached hydrogen (secondary N) is 1. The highest BCUT2D eigenvalue weighted by Gasteiger charge is 2.39. The highest BCUT2D eigenvalue weighted by molar-refractivity contribution is 5.96. The Morgan fingerprint density at radius 1 is 1.19 bits per heavy atom. The summed E-state index contributed by atoms with van der Waals surface area (Å²) in [6.07, 6.45) is 2.22. The summed E-state index contributed by atoms with van der Waals surface area (Å²) in [5, 5.41) is 2.85. The van der Waals surface area contributed by atoms with E-state index in [4.69, 9.17) is 0 Å². The first kappa shape index (κ1) is 15.5. The number of benzene rings is 1. The number of rotatable bonds is 5. The summed E-state index contributed by atoms with van der Waals surface area (Å²) in [4.78, 5) is 26.7. The van der Waals surface area contributed by atoms with Gasteiger partial charge in [-0.1, -0.05) is 44.5 Å². The molecule has 0 spiro atoms. The molecular weight excluding hydrogens is 264 g/mol. The third kappa shape index (κ3) is 3.26. The lowest BCUT2D eigenvalue weighted by Gasteiger charge is -2.39. The molecule has 114 valence electrons. The van der Waals surface area contributed by atoms with Gasteiger partial charge in [0.25, 0.3) is 0 Å². The summed E-state index contributed by atoms with van der Waals surface area (Å²) < 4.78 is 0. The third-order valence-electron chi connectivity index (χ3n) is 4.15. The predicted octanol–water partition coefficient (Wildman–Crippen LogP) is 2.40. The Labute approximate surface area is 126 Å². The molecule has 1 saturated heterocycles. The maximum Gasteiger partial charge on any atom is 0.246 e. The van der Waals surface area contributed by atoms with Gasteiger partial charge in [-0.2, -0.15) is 0 Å². The van der Waals surface area contributed by atoms with E-state index >= 15 is 0 Å². The van der Waals surface area contributed by atoms with Crippen LogP contribution in [0.2, 0.25) is 0 Å². The van der Waals surface area contributed by atoms with E-state index in [-0.39, 0.29) is 23.9 Å². The number of amides is 2. The smallest absolute Gasteiger partial charge is 0.246 e. The Morgan fingerprint density at radius 3 is 2.52 bits per heavy atom. The van der Waals surface area contributed by atoms with Crippen LogP contribution in [0.3, 0.4) is 0 Å². The molecule has 0 aliphatic carbocycles. The normalized spacial score (nSPS) is 22.3. The van der Waals surface area contributed by atoms with Gasteiger partial charge in [0.15, 0.2) is 0 Å². The van der Waals surface area contributed by atoms with Crippen molar-refractivity contribution < 1.29 is 9.59 Å². The van der Waals surface area contributed by atoms with Crippen LogP contribution in [0.15, 0.2) is 24.3 Å². The lowest BCUT2D eigenvalue weighted by Crippen LogP contribution is -2.62. The molecule has 2 atom stereocenters. The van der Waals surface area contributed by atoms with Gasteiger partial charge in [-0.25, -0.2) is 0 Å². The second-order valence-corrected chi connectivity index (χ2v) is 5.67. The van der Waals surface area contributed by atoms with Crippen LogP contribution in [0, 0.1) is 6.92 Å². The maximum atomic E-state index is 12.6. The fraction of sp³-hybridized carbons (Fsp3) is 0.529. The van der Waals surface area contributed by atoms with E-state index in [1.165, 1.54) is 0 Å². The van der Waals surface area contributed by atoms with Crippen molar-refractivity contribution in [2.24, 2.45) is 0 Å². The molecule has 4 heteroatoms. The summed E-state index contributed by atoms with van der Waals surface area (Å²) in [6, 6.07) is 7.31. The zero-order valence-electron chi connectivity index (χ0n) is 13.1. The van der Waals surface area contributed by atoms with Crippen molar-refractivity contribution in [3.63, 3.8) is 0 Å². The van der Waals surface area contributed by atoms with E-state index in [9.17, 15) is 9.59 Å². The Balaban J connectivity index is 2.27. The summed E-state index contributed by atoms with van der Waals surface area (Å²) in [5.41, 5.74) is 2.26. The van der Waals surface area contributed by atoms with Crippen molar-refractivity contribution in [2.75, 3.05) is 0 Å². The standard InChI is InChI=1S/C17H24N2O2/c1-4-8-15-16(20)18-14(5-2)17(21)19(15)11-13-10-7-6-9-12(13)3/h6-7,9-10,14-15H,4-5,8,11H2,1-3H3,(H,18,20). The molecule has 0 saturated carbocycles. The molecule has 1 aromatic carbocycles. The molecule has 2 rings (SSSR count). The summed E-state index contributed by atoms with van der Waals surface area (Å²) >= 11 is 0. The van der Waals surface area contributed by atoms with Gasteiger partial charge >= 0.3 is 0 Å². The van der Waals surface area contributed by atoms with Crippen LogP contribution in [0.25, 0.3) is 0 Å². The van der Waals surface area contributed by atoms with Crippen LogP contribution in [0.1, 0.15) is 44.2 Å². The Bertz CT molecular complexity index is 527. The molecule has 0 bridgehead atoms. The molecule has 1 N–H and O–H groups in total. The number of carbonyl (C=O) groups excluding carboxylic acids is 2. The second kappa shape index (κ2) is 6.74. The van der Waals surface area contributed by atoms with Gasteiger partial charge in [0.1, 0.15) is 12.1 Å². The molecule has 2 amide bonds. The first-order chi connectivity index (χ1) is 10.1. The van der Waals surface area contributed by atoms with Crippen molar-refractivity contribution >= 4 is 11.8 Å². The Kier molecular flexibility index (Phi) is 4.99. The molecule has 4 nitrogen and oxygen atoms in total. The average Bonchev–Trinajstić information content (AvgIpc) is 2.48. The maximum absolute atomic E-state index is 12.6. The minimum atomic E-state index is -0.380. The SMILES string of the molecule is CCCC1C(=O)NC(CC)C(=O)N1Cc1ccccc1C. The van der Waals surface area contributed by atoms with E-state index < -0.39 is 0 Å². The van der Waals surface area contributed by atoms with Gasteiger partial charge in [0, 0.05) is 6.54 Å². The fourth-order valence-corrected chi connectivity index (χ4v) is 2.82. The Hall–Kier alpha value is -1.84. The van der Waals surface area contributed by atoms with Crippen molar-refractivity contribution in [1.29, 1.82) is 0 Å². The molecule has 1 aliphatic heterocycles. The van der Waals surface area contributed by atoms with Gasteiger partial charge in [-0.3, -0.25) is 9.59 Å². The molecule has 1 aromatic rings. The van der Waals surface area contributed by atoms with Crippen LogP contribution < -0.4 is 5.32 Å².